The number of anilines is 1. The van der Waals surface area contributed by atoms with Crippen LogP contribution in [0, 0.1) is 10.8 Å². The van der Waals surface area contributed by atoms with Gasteiger partial charge in [-0.3, -0.25) is 15.6 Å². The number of hydrogen-bond acceptors (Lipinski definition) is 8. The van der Waals surface area contributed by atoms with Gasteiger partial charge >= 0.3 is 22.3 Å². The molecule has 0 bridgehead atoms. The molecule has 0 radical (unpaired) electrons. The minimum Gasteiger partial charge on any atom is -0.490 e. The van der Waals surface area contributed by atoms with Crippen LogP contribution in [0.15, 0.2) is 60.7 Å². The van der Waals surface area contributed by atoms with Crippen molar-refractivity contribution in [3.63, 3.8) is 0 Å². The van der Waals surface area contributed by atoms with Crippen molar-refractivity contribution >= 4 is 75.2 Å². The van der Waals surface area contributed by atoms with Gasteiger partial charge in [0.15, 0.2) is 0 Å². The summed E-state index contributed by atoms with van der Waals surface area (Å²) in [5.41, 5.74) is 6.86. The van der Waals surface area contributed by atoms with Crippen LogP contribution in [-0.2, 0) is 26.3 Å². The van der Waals surface area contributed by atoms with Gasteiger partial charge in [0.05, 0.1) is 24.7 Å². The van der Waals surface area contributed by atoms with Crippen LogP contribution in [0.5, 0.6) is 5.75 Å². The summed E-state index contributed by atoms with van der Waals surface area (Å²) in [6.45, 7) is 3.11. The zero-order valence-electron chi connectivity index (χ0n) is 25.3. The van der Waals surface area contributed by atoms with Gasteiger partial charge in [0.1, 0.15) is 24.2 Å². The van der Waals surface area contributed by atoms with E-state index in [1.807, 2.05) is 4.90 Å². The second-order valence-electron chi connectivity index (χ2n) is 10.3. The number of ether oxygens (including phenoxy) is 2. The van der Waals surface area contributed by atoms with Crippen LogP contribution in [-0.4, -0.2) is 78.8 Å². The molecule has 3 aromatic rings. The molecule has 16 heteroatoms. The highest BCUT2D eigenvalue weighted by atomic mass is 35.5. The van der Waals surface area contributed by atoms with Gasteiger partial charge in [-0.25, -0.2) is 9.10 Å². The maximum Gasteiger partial charge on any atom is 0.425 e. The number of benzene rings is 3. The Kier molecular flexibility index (Phi) is 13.5. The molecule has 0 atom stereocenters. The molecule has 1 amide bonds. The van der Waals surface area contributed by atoms with Crippen LogP contribution in [0.2, 0.25) is 0 Å². The molecule has 1 aliphatic heterocycles. The van der Waals surface area contributed by atoms with Gasteiger partial charge in [0.25, 0.3) is 0 Å². The molecule has 1 saturated heterocycles. The van der Waals surface area contributed by atoms with Crippen molar-refractivity contribution in [1.29, 1.82) is 10.8 Å². The Morgan fingerprint density at radius 2 is 1.63 bits per heavy atom. The number of nitrogens with one attached hydrogen (secondary N) is 2. The molecule has 4 rings (SSSR count). The summed E-state index contributed by atoms with van der Waals surface area (Å²) in [7, 11) is -4.77. The molecular weight excluding hydrogens is 659 g/mol. The Hall–Kier alpha value is -4.27. The Morgan fingerprint density at radius 3 is 2.20 bits per heavy atom. The van der Waals surface area contributed by atoms with Crippen molar-refractivity contribution < 1.29 is 32.6 Å². The Balaban J connectivity index is 0.00000368. The third kappa shape index (κ3) is 9.14. The lowest BCUT2D eigenvalue weighted by molar-refractivity contribution is -0.137. The summed E-state index contributed by atoms with van der Waals surface area (Å²) < 4.78 is 40.1. The molecule has 5 N–H and O–H groups in total. The van der Waals surface area contributed by atoms with Gasteiger partial charge in [-0.1, -0.05) is 24.3 Å². The van der Waals surface area contributed by atoms with E-state index in [4.69, 9.17) is 26.0 Å². The summed E-state index contributed by atoms with van der Waals surface area (Å²) >= 11 is 0. The van der Waals surface area contributed by atoms with E-state index in [-0.39, 0.29) is 59.9 Å². The lowest BCUT2D eigenvalue weighted by Crippen LogP contribution is -2.49. The number of fused-ring (bicyclic) bond motifs is 1. The number of carbonyl (C=O) groups excluding carboxylic acids is 1. The number of halogens is 2. The standard InChI is InChI=1S/C30H36N6O7S.2ClH/c1-3-42-30(39)36(19-28(37)38)44(40,41)35(18-21-4-5-22-6-7-23(29(32)33)17-24(22)16-21)25-8-10-26(11-9-25)43-27-12-14-34(15-13-27)20(2)31;;/h4-11,16-17,27,31H,3,12-15,18-19H2,1-2H3,(H3,32,33)(H,37,38);2*1H. The molecule has 13 nitrogen and oxygen atoms in total. The number of likely N-dealkylation sites (tertiary alicyclic amines) is 1. The first-order chi connectivity index (χ1) is 20.9. The number of piperidine rings is 1. The number of aliphatic carboxylic acids is 1. The number of hydrogen-bond donors (Lipinski definition) is 4. The molecule has 0 spiro atoms. The zero-order valence-corrected chi connectivity index (χ0v) is 27.8. The number of carboxylic acids is 1. The van der Waals surface area contributed by atoms with Crippen LogP contribution < -0.4 is 14.8 Å². The van der Waals surface area contributed by atoms with Crippen molar-refractivity contribution in [2.24, 2.45) is 5.73 Å². The largest absolute Gasteiger partial charge is 0.490 e. The number of carbonyl (C=O) groups is 2. The molecule has 46 heavy (non-hydrogen) atoms. The van der Waals surface area contributed by atoms with Gasteiger partial charge in [-0.2, -0.15) is 12.7 Å². The van der Waals surface area contributed by atoms with Crippen molar-refractivity contribution in [3.05, 3.63) is 71.8 Å². The molecule has 3 aromatic carbocycles. The van der Waals surface area contributed by atoms with Crippen molar-refractivity contribution in [2.75, 3.05) is 30.5 Å². The van der Waals surface area contributed by atoms with E-state index in [1.165, 1.54) is 19.1 Å². The van der Waals surface area contributed by atoms with E-state index in [9.17, 15) is 23.1 Å². The van der Waals surface area contributed by atoms with Crippen LogP contribution in [0.25, 0.3) is 10.8 Å². The highest BCUT2D eigenvalue weighted by Gasteiger charge is 2.37. The normalized spacial score (nSPS) is 13.1. The molecule has 1 heterocycles. The quantitative estimate of drug-likeness (QED) is 0.164. The predicted molar refractivity (Wildman–Crippen MR) is 181 cm³/mol. The van der Waals surface area contributed by atoms with Crippen LogP contribution in [0.3, 0.4) is 0 Å². The van der Waals surface area contributed by atoms with Crippen LogP contribution in [0.4, 0.5) is 10.5 Å². The van der Waals surface area contributed by atoms with E-state index >= 15 is 0 Å². The van der Waals surface area contributed by atoms with Gasteiger partial charge in [0, 0.05) is 31.5 Å². The molecule has 0 saturated carbocycles. The van der Waals surface area contributed by atoms with Gasteiger partial charge in [0.2, 0.25) is 0 Å². The number of nitrogens with two attached hydrogens (primary N) is 1. The van der Waals surface area contributed by atoms with E-state index < -0.39 is 28.8 Å². The lowest BCUT2D eigenvalue weighted by atomic mass is 10.0. The zero-order chi connectivity index (χ0) is 32.0. The van der Waals surface area contributed by atoms with Gasteiger partial charge in [-0.15, -0.1) is 24.8 Å². The van der Waals surface area contributed by atoms with Crippen molar-refractivity contribution in [1.82, 2.24) is 9.21 Å². The fraction of sp³-hybridized carbons (Fsp3) is 0.333. The molecule has 1 aliphatic rings. The topological polar surface area (TPSA) is 190 Å². The maximum absolute atomic E-state index is 14.0. The minimum absolute atomic E-state index is 0. The number of amides is 1. The number of rotatable bonds is 11. The molecule has 0 aromatic heterocycles. The summed E-state index contributed by atoms with van der Waals surface area (Å²) in [6, 6.07) is 16.8. The number of amidine groups is 2. The number of nitrogen functional groups attached to an aromatic ring is 1. The monoisotopic (exact) mass is 696 g/mol. The highest BCUT2D eigenvalue weighted by Crippen LogP contribution is 2.29. The Morgan fingerprint density at radius 1 is 1.00 bits per heavy atom. The Labute approximate surface area is 280 Å². The van der Waals surface area contributed by atoms with Gasteiger partial charge < -0.3 is 25.2 Å². The average molecular weight is 698 g/mol. The lowest BCUT2D eigenvalue weighted by Gasteiger charge is -2.33. The smallest absolute Gasteiger partial charge is 0.425 e. The van der Waals surface area contributed by atoms with E-state index in [2.05, 4.69) is 0 Å². The fourth-order valence-electron chi connectivity index (χ4n) is 4.90. The summed E-state index contributed by atoms with van der Waals surface area (Å²) in [5, 5.41) is 26.6. The molecular formula is C30H38Cl2N6O7S. The minimum atomic E-state index is -4.77. The Bertz CT molecular complexity index is 1670. The number of carboxylic acid groups (broad SMARTS) is 1. The first-order valence-electron chi connectivity index (χ1n) is 14.0. The average Bonchev–Trinajstić information content (AvgIpc) is 2.99. The van der Waals surface area contributed by atoms with E-state index in [0.717, 1.165) is 22.5 Å². The summed E-state index contributed by atoms with van der Waals surface area (Å²) in [5.74, 6) is -0.610. The van der Waals surface area contributed by atoms with Crippen LogP contribution in [0.1, 0.15) is 37.8 Å². The van der Waals surface area contributed by atoms with Crippen LogP contribution >= 0.6 is 24.8 Å². The van der Waals surface area contributed by atoms with E-state index in [1.54, 1.807) is 55.5 Å². The predicted octanol–water partition coefficient (Wildman–Crippen LogP) is 4.60. The van der Waals surface area contributed by atoms with Crippen molar-refractivity contribution in [3.8, 4) is 5.75 Å². The maximum atomic E-state index is 14.0. The SMILES string of the molecule is CCOC(=O)N(CC(=O)O)S(=O)(=O)N(Cc1ccc2ccc(C(=N)N)cc2c1)c1ccc(OC2CCN(C(C)=N)CC2)cc1.Cl.Cl. The molecule has 250 valence electrons. The first-order valence-corrected chi connectivity index (χ1v) is 15.4. The summed E-state index contributed by atoms with van der Waals surface area (Å²) in [4.78, 5) is 26.3. The van der Waals surface area contributed by atoms with Gasteiger partial charge in [-0.05, 0) is 66.6 Å². The highest BCUT2D eigenvalue weighted by molar-refractivity contribution is 7.91. The third-order valence-electron chi connectivity index (χ3n) is 7.19. The molecule has 0 unspecified atom stereocenters. The second kappa shape index (κ2) is 16.3. The fourth-order valence-corrected chi connectivity index (χ4v) is 6.36. The third-order valence-corrected chi connectivity index (χ3v) is 8.93. The van der Waals surface area contributed by atoms with E-state index in [0.29, 0.717) is 41.2 Å². The van der Waals surface area contributed by atoms with Crippen molar-refractivity contribution in [2.45, 2.75) is 39.3 Å². The number of nitrogens with zero attached hydrogens (tertiary/aromatic N) is 3. The summed E-state index contributed by atoms with van der Waals surface area (Å²) in [6.07, 6.45) is 0.0879. The molecule has 1 fully saturated rings. The second-order valence-corrected chi connectivity index (χ2v) is 12.1. The molecule has 0 aliphatic carbocycles. The first kappa shape index (κ1) is 37.9.